The molecule has 0 rings (SSSR count). The van der Waals surface area contributed by atoms with Crippen LogP contribution in [0.25, 0.3) is 0 Å². The van der Waals surface area contributed by atoms with Crippen molar-refractivity contribution in [2.75, 3.05) is 6.54 Å². The van der Waals surface area contributed by atoms with E-state index in [0.717, 1.165) is 19.3 Å². The van der Waals surface area contributed by atoms with Crippen molar-refractivity contribution in [3.63, 3.8) is 0 Å². The molecule has 0 aliphatic rings. The maximum Gasteiger partial charge on any atom is 0.220 e. The highest BCUT2D eigenvalue weighted by molar-refractivity contribution is 5.85. The molecule has 0 aliphatic carbocycles. The molecule has 1 amide bonds. The molecule has 4 heteroatoms. The summed E-state index contributed by atoms with van der Waals surface area (Å²) in [5, 5.41) is 2.91. The molecule has 1 unspecified atom stereocenters. The Morgan fingerprint density at radius 1 is 0.846 bits per heavy atom. The minimum atomic E-state index is 0. The molecule has 0 aromatic carbocycles. The number of unbranched alkanes of at least 4 members (excludes halogenated alkanes) is 11. The molecule has 0 heterocycles. The summed E-state index contributed by atoms with van der Waals surface area (Å²) in [6.45, 7) is 4.92. The molecule has 0 aliphatic heterocycles. The quantitative estimate of drug-likeness (QED) is 0.214. The fourth-order valence-electron chi connectivity index (χ4n) is 2.83. The van der Waals surface area contributed by atoms with Gasteiger partial charge in [0.25, 0.3) is 0 Å². The number of amides is 1. The van der Waals surface area contributed by atoms with Crippen LogP contribution in [0.4, 0.5) is 0 Å². The van der Waals surface area contributed by atoms with Crippen LogP contribution in [0.3, 0.4) is 0 Å². The molecule has 0 saturated heterocycles. The number of nitrogens with two attached hydrogens (primary N) is 1. The van der Waals surface area contributed by atoms with Crippen LogP contribution >= 0.6 is 12.4 Å². The summed E-state index contributed by atoms with van der Waals surface area (Å²) in [6, 6.07) is 0.0954. The third-order valence-electron chi connectivity index (χ3n) is 4.75. The highest BCUT2D eigenvalue weighted by atomic mass is 35.5. The van der Waals surface area contributed by atoms with E-state index in [1.807, 2.05) is 6.92 Å². The number of halogens is 1. The molecule has 0 fully saturated rings. The van der Waals surface area contributed by atoms with Gasteiger partial charge in [0.05, 0.1) is 0 Å². The Labute approximate surface area is 169 Å². The van der Waals surface area contributed by atoms with Gasteiger partial charge in [-0.3, -0.25) is 4.79 Å². The van der Waals surface area contributed by atoms with Crippen molar-refractivity contribution in [1.82, 2.24) is 5.32 Å². The summed E-state index contributed by atoms with van der Waals surface area (Å²) < 4.78 is 0. The summed E-state index contributed by atoms with van der Waals surface area (Å²) in [7, 11) is 0. The van der Waals surface area contributed by atoms with Gasteiger partial charge in [0.15, 0.2) is 0 Å². The Hall–Kier alpha value is -0.540. The van der Waals surface area contributed by atoms with Gasteiger partial charge in [0.2, 0.25) is 5.91 Å². The predicted octanol–water partition coefficient (Wildman–Crippen LogP) is 6.30. The van der Waals surface area contributed by atoms with Gasteiger partial charge in [-0.25, -0.2) is 0 Å². The van der Waals surface area contributed by atoms with Crippen molar-refractivity contribution in [2.24, 2.45) is 5.73 Å². The molecule has 3 N–H and O–H groups in total. The summed E-state index contributed by atoms with van der Waals surface area (Å²) >= 11 is 0. The second-order valence-corrected chi connectivity index (χ2v) is 7.31. The van der Waals surface area contributed by atoms with Crippen LogP contribution in [0.2, 0.25) is 0 Å². The first-order valence-corrected chi connectivity index (χ1v) is 10.9. The van der Waals surface area contributed by atoms with Crippen LogP contribution in [-0.2, 0) is 4.79 Å². The summed E-state index contributed by atoms with van der Waals surface area (Å²) in [4.78, 5) is 11.6. The van der Waals surface area contributed by atoms with Crippen molar-refractivity contribution in [2.45, 2.75) is 116 Å². The number of rotatable bonds is 18. The Morgan fingerprint density at radius 2 is 1.35 bits per heavy atom. The fourth-order valence-corrected chi connectivity index (χ4v) is 2.83. The Balaban J connectivity index is 0. The highest BCUT2D eigenvalue weighted by Crippen LogP contribution is 2.09. The maximum atomic E-state index is 11.6. The highest BCUT2D eigenvalue weighted by Gasteiger charge is 2.03. The lowest BCUT2D eigenvalue weighted by molar-refractivity contribution is -0.121. The lowest BCUT2D eigenvalue weighted by Gasteiger charge is -2.10. The molecule has 0 bridgehead atoms. The average molecular weight is 389 g/mol. The number of carbonyl (C=O) groups excluding carboxylic acids is 1. The first kappa shape index (κ1) is 27.7. The van der Waals surface area contributed by atoms with Gasteiger partial charge >= 0.3 is 0 Å². The number of carbonyl (C=O) groups is 1. The SMILES string of the molecule is CCCCCCCC/C=C\CCCCCCCC(=O)NCC(N)CC.Cl. The van der Waals surface area contributed by atoms with Gasteiger partial charge in [-0.1, -0.05) is 77.4 Å². The van der Waals surface area contributed by atoms with Gasteiger partial charge in [0.1, 0.15) is 0 Å². The van der Waals surface area contributed by atoms with E-state index in [-0.39, 0.29) is 24.4 Å². The van der Waals surface area contributed by atoms with Crippen molar-refractivity contribution >= 4 is 18.3 Å². The van der Waals surface area contributed by atoms with Crippen molar-refractivity contribution in [1.29, 1.82) is 0 Å². The van der Waals surface area contributed by atoms with E-state index in [4.69, 9.17) is 5.73 Å². The van der Waals surface area contributed by atoms with Crippen LogP contribution in [0.15, 0.2) is 12.2 Å². The van der Waals surface area contributed by atoms with Crippen LogP contribution < -0.4 is 11.1 Å². The number of hydrogen-bond donors (Lipinski definition) is 2. The number of hydrogen-bond acceptors (Lipinski definition) is 2. The summed E-state index contributed by atoms with van der Waals surface area (Å²) in [6.07, 6.45) is 23.0. The largest absolute Gasteiger partial charge is 0.355 e. The minimum absolute atomic E-state index is 0. The van der Waals surface area contributed by atoms with Gasteiger partial charge in [-0.15, -0.1) is 12.4 Å². The lowest BCUT2D eigenvalue weighted by Crippen LogP contribution is -2.36. The van der Waals surface area contributed by atoms with Gasteiger partial charge in [-0.05, 0) is 38.5 Å². The summed E-state index contributed by atoms with van der Waals surface area (Å²) in [5.41, 5.74) is 5.79. The summed E-state index contributed by atoms with van der Waals surface area (Å²) in [5.74, 6) is 0.154. The predicted molar refractivity (Wildman–Crippen MR) is 118 cm³/mol. The molecule has 0 aromatic heterocycles. The topological polar surface area (TPSA) is 55.1 Å². The fraction of sp³-hybridized carbons (Fsp3) is 0.864. The number of nitrogens with one attached hydrogen (secondary N) is 1. The first-order valence-electron chi connectivity index (χ1n) is 10.9. The van der Waals surface area contributed by atoms with Crippen molar-refractivity contribution < 1.29 is 4.79 Å². The van der Waals surface area contributed by atoms with E-state index in [2.05, 4.69) is 24.4 Å². The minimum Gasteiger partial charge on any atom is -0.355 e. The maximum absolute atomic E-state index is 11.6. The van der Waals surface area contributed by atoms with E-state index < -0.39 is 0 Å². The zero-order valence-electron chi connectivity index (χ0n) is 17.4. The van der Waals surface area contributed by atoms with E-state index in [1.54, 1.807) is 0 Å². The Bertz CT molecular complexity index is 321. The second kappa shape index (κ2) is 22.5. The van der Waals surface area contributed by atoms with E-state index in [1.165, 1.54) is 70.6 Å². The zero-order chi connectivity index (χ0) is 18.6. The van der Waals surface area contributed by atoms with E-state index in [9.17, 15) is 4.79 Å². The molecular formula is C22H45ClN2O. The van der Waals surface area contributed by atoms with Crippen LogP contribution in [0.5, 0.6) is 0 Å². The van der Waals surface area contributed by atoms with Crippen molar-refractivity contribution in [3.8, 4) is 0 Å². The van der Waals surface area contributed by atoms with E-state index in [0.29, 0.717) is 13.0 Å². The van der Waals surface area contributed by atoms with Gasteiger partial charge in [-0.2, -0.15) is 0 Å². The second-order valence-electron chi connectivity index (χ2n) is 7.31. The standard InChI is InChI=1S/C22H44N2O.ClH/c1-3-5-6-7-8-9-10-11-12-13-14-15-16-17-18-19-22(25)24-20-21(23)4-2;/h11-12,21H,3-10,13-20,23H2,1-2H3,(H,24,25);1H/b12-11-;. The third-order valence-corrected chi connectivity index (χ3v) is 4.75. The molecule has 0 radical (unpaired) electrons. The van der Waals surface area contributed by atoms with Crippen LogP contribution in [0.1, 0.15) is 110 Å². The van der Waals surface area contributed by atoms with E-state index >= 15 is 0 Å². The molecule has 0 spiro atoms. The molecular weight excluding hydrogens is 344 g/mol. The molecule has 1 atom stereocenters. The molecule has 3 nitrogen and oxygen atoms in total. The monoisotopic (exact) mass is 388 g/mol. The van der Waals surface area contributed by atoms with Gasteiger partial charge in [0, 0.05) is 19.0 Å². The van der Waals surface area contributed by atoms with Crippen molar-refractivity contribution in [3.05, 3.63) is 12.2 Å². The molecule has 26 heavy (non-hydrogen) atoms. The third kappa shape index (κ3) is 21.5. The van der Waals surface area contributed by atoms with Crippen LogP contribution in [0, 0.1) is 0 Å². The first-order chi connectivity index (χ1) is 12.2. The lowest BCUT2D eigenvalue weighted by atomic mass is 10.1. The normalized spacial score (nSPS) is 12.1. The Kier molecular flexibility index (Phi) is 24.0. The molecule has 0 aromatic rings. The molecule has 156 valence electrons. The average Bonchev–Trinajstić information content (AvgIpc) is 2.62. The number of allylic oxidation sites excluding steroid dienone is 2. The smallest absolute Gasteiger partial charge is 0.220 e. The van der Waals surface area contributed by atoms with Gasteiger partial charge < -0.3 is 11.1 Å². The molecule has 0 saturated carbocycles. The Morgan fingerprint density at radius 3 is 1.88 bits per heavy atom. The zero-order valence-corrected chi connectivity index (χ0v) is 18.3. The van der Waals surface area contributed by atoms with Crippen LogP contribution in [-0.4, -0.2) is 18.5 Å².